The Bertz CT molecular complexity index is 911. The van der Waals surface area contributed by atoms with Gasteiger partial charge in [0.05, 0.1) is 11.3 Å². The minimum atomic E-state index is -4.37. The summed E-state index contributed by atoms with van der Waals surface area (Å²) in [4.78, 5) is 17.9. The van der Waals surface area contributed by atoms with Crippen LogP contribution in [0.2, 0.25) is 0 Å². The summed E-state index contributed by atoms with van der Waals surface area (Å²) in [5.74, 6) is -0.443. The van der Waals surface area contributed by atoms with Gasteiger partial charge in [-0.2, -0.15) is 13.2 Å². The molecule has 2 aromatic heterocycles. The number of nitrogens with zero attached hydrogens (tertiary/aromatic N) is 2. The highest BCUT2D eigenvalue weighted by atomic mass is 19.4. The quantitative estimate of drug-likeness (QED) is 0.797. The summed E-state index contributed by atoms with van der Waals surface area (Å²) in [6.45, 7) is 1.82. The number of benzene rings is 1. The highest BCUT2D eigenvalue weighted by molar-refractivity contribution is 5.62. The topological polar surface area (TPSA) is 71.8 Å². The lowest BCUT2D eigenvalue weighted by Gasteiger charge is -2.10. The number of aromatic nitrogens is 3. The molecular weight excluding hydrogens is 323 g/mol. The van der Waals surface area contributed by atoms with E-state index in [1.54, 1.807) is 12.3 Å². The van der Waals surface area contributed by atoms with Gasteiger partial charge in [0.25, 0.3) is 0 Å². The van der Waals surface area contributed by atoms with E-state index < -0.39 is 17.5 Å². The van der Waals surface area contributed by atoms with Crippen LogP contribution in [0.25, 0.3) is 11.4 Å². The number of rotatable bonds is 3. The molecule has 0 radical (unpaired) electrons. The van der Waals surface area contributed by atoms with Gasteiger partial charge in [0.2, 0.25) is 0 Å². The van der Waals surface area contributed by atoms with Crippen molar-refractivity contribution in [1.29, 1.82) is 0 Å². The Morgan fingerprint density at radius 1 is 1.17 bits per heavy atom. The first-order chi connectivity index (χ1) is 11.3. The van der Waals surface area contributed by atoms with E-state index in [1.165, 1.54) is 12.1 Å². The van der Waals surface area contributed by atoms with E-state index in [0.717, 1.165) is 17.7 Å². The molecule has 0 aliphatic rings. The highest BCUT2D eigenvalue weighted by Gasteiger charge is 2.30. The zero-order valence-electron chi connectivity index (χ0n) is 12.5. The normalized spacial score (nSPS) is 11.7. The maximum Gasteiger partial charge on any atom is 0.439 e. The molecule has 0 fully saturated rings. The van der Waals surface area contributed by atoms with Gasteiger partial charge in [-0.1, -0.05) is 17.3 Å². The van der Waals surface area contributed by atoms with E-state index >= 15 is 0 Å². The summed E-state index contributed by atoms with van der Waals surface area (Å²) >= 11 is 0. The number of H-pyrrole nitrogens is 1. The smallest absolute Gasteiger partial charge is 0.296 e. The summed E-state index contributed by atoms with van der Waals surface area (Å²) in [6.07, 6.45) is -2.48. The first-order valence-corrected chi connectivity index (χ1v) is 7.01. The van der Waals surface area contributed by atoms with Gasteiger partial charge in [-0.05, 0) is 36.2 Å². The molecule has 0 unspecified atom stereocenters. The Hall–Kier alpha value is -2.90. The molecule has 2 heterocycles. The van der Waals surface area contributed by atoms with E-state index in [1.807, 2.05) is 6.92 Å². The van der Waals surface area contributed by atoms with Gasteiger partial charge in [-0.15, -0.1) is 0 Å². The van der Waals surface area contributed by atoms with E-state index in [4.69, 9.17) is 0 Å². The Labute approximate surface area is 134 Å². The zero-order chi connectivity index (χ0) is 17.3. The fraction of sp³-hybridized carbons (Fsp3) is 0.188. The fourth-order valence-corrected chi connectivity index (χ4v) is 2.41. The zero-order valence-corrected chi connectivity index (χ0v) is 12.5. The Balaban J connectivity index is 1.96. The molecule has 0 saturated carbocycles. The standard InChI is InChI=1S/C16H12F3N3O2/c1-9-6-7-20-12(13(9)14-21-15(23)24-22-14)8-10-2-4-11(5-3-10)16(17,18)19/h2-7H,8H2,1H3,(H,21,22,23). The van der Waals surface area contributed by atoms with Crippen LogP contribution < -0.4 is 5.76 Å². The summed E-state index contributed by atoms with van der Waals surface area (Å²) in [5.41, 5.74) is 1.96. The van der Waals surface area contributed by atoms with Crippen molar-refractivity contribution in [3.8, 4) is 11.4 Å². The second-order valence-corrected chi connectivity index (χ2v) is 5.26. The molecular formula is C16H12F3N3O2. The molecule has 8 heteroatoms. The summed E-state index contributed by atoms with van der Waals surface area (Å²) in [7, 11) is 0. The second kappa shape index (κ2) is 5.95. The number of hydrogen-bond acceptors (Lipinski definition) is 4. The van der Waals surface area contributed by atoms with Crippen molar-refractivity contribution in [2.45, 2.75) is 19.5 Å². The summed E-state index contributed by atoms with van der Waals surface area (Å²) in [6, 6.07) is 6.62. The molecule has 24 heavy (non-hydrogen) atoms. The Kier molecular flexibility index (Phi) is 3.96. The third-order valence-corrected chi connectivity index (χ3v) is 3.57. The Morgan fingerprint density at radius 2 is 1.88 bits per heavy atom. The third kappa shape index (κ3) is 3.22. The van der Waals surface area contributed by atoms with Crippen molar-refractivity contribution < 1.29 is 17.7 Å². The van der Waals surface area contributed by atoms with Gasteiger partial charge in [-0.3, -0.25) is 14.5 Å². The summed E-state index contributed by atoms with van der Waals surface area (Å²) < 4.78 is 42.4. The van der Waals surface area contributed by atoms with Crippen LogP contribution in [0.4, 0.5) is 13.2 Å². The molecule has 1 aromatic carbocycles. The number of pyridine rings is 1. The first-order valence-electron chi connectivity index (χ1n) is 7.01. The van der Waals surface area contributed by atoms with E-state index in [9.17, 15) is 18.0 Å². The van der Waals surface area contributed by atoms with Crippen LogP contribution in [0, 0.1) is 6.92 Å². The van der Waals surface area contributed by atoms with Crippen LogP contribution in [0.5, 0.6) is 0 Å². The van der Waals surface area contributed by atoms with E-state index in [-0.39, 0.29) is 5.82 Å². The first kappa shape index (κ1) is 16.0. The number of hydrogen-bond donors (Lipinski definition) is 1. The van der Waals surface area contributed by atoms with Crippen LogP contribution >= 0.6 is 0 Å². The minimum Gasteiger partial charge on any atom is -0.296 e. The average molecular weight is 335 g/mol. The monoisotopic (exact) mass is 335 g/mol. The molecule has 5 nitrogen and oxygen atoms in total. The highest BCUT2D eigenvalue weighted by Crippen LogP contribution is 2.30. The fourth-order valence-electron chi connectivity index (χ4n) is 2.41. The molecule has 0 atom stereocenters. The van der Waals surface area contributed by atoms with E-state index in [2.05, 4.69) is 19.6 Å². The lowest BCUT2D eigenvalue weighted by Crippen LogP contribution is -2.05. The van der Waals surface area contributed by atoms with Crippen molar-refractivity contribution in [2.24, 2.45) is 0 Å². The number of halogens is 3. The maximum atomic E-state index is 12.6. The molecule has 3 rings (SSSR count). The van der Waals surface area contributed by atoms with Gasteiger partial charge >= 0.3 is 11.9 Å². The number of aryl methyl sites for hydroxylation is 1. The van der Waals surface area contributed by atoms with Gasteiger partial charge in [-0.25, -0.2) is 4.79 Å². The van der Waals surface area contributed by atoms with Crippen molar-refractivity contribution in [1.82, 2.24) is 15.1 Å². The largest absolute Gasteiger partial charge is 0.439 e. The molecule has 0 aliphatic carbocycles. The third-order valence-electron chi connectivity index (χ3n) is 3.57. The van der Waals surface area contributed by atoms with Crippen molar-refractivity contribution >= 4 is 0 Å². The Morgan fingerprint density at radius 3 is 2.46 bits per heavy atom. The van der Waals surface area contributed by atoms with Crippen molar-refractivity contribution in [3.63, 3.8) is 0 Å². The van der Waals surface area contributed by atoms with Crippen LogP contribution in [0.3, 0.4) is 0 Å². The molecule has 0 spiro atoms. The SMILES string of the molecule is Cc1ccnc(Cc2ccc(C(F)(F)F)cc2)c1-c1noc(=O)[nH]1. The second-order valence-electron chi connectivity index (χ2n) is 5.26. The van der Waals surface area contributed by atoms with Crippen molar-refractivity contribution in [3.05, 3.63) is 69.5 Å². The molecule has 124 valence electrons. The molecule has 1 N–H and O–H groups in total. The molecule has 3 aromatic rings. The van der Waals surface area contributed by atoms with E-state index in [0.29, 0.717) is 23.2 Å². The maximum absolute atomic E-state index is 12.6. The number of alkyl halides is 3. The van der Waals surface area contributed by atoms with Gasteiger partial charge in [0.1, 0.15) is 0 Å². The predicted molar refractivity (Wildman–Crippen MR) is 79.3 cm³/mol. The number of nitrogens with one attached hydrogen (secondary N) is 1. The molecule has 0 bridgehead atoms. The van der Waals surface area contributed by atoms with Crippen molar-refractivity contribution in [2.75, 3.05) is 0 Å². The number of aromatic amines is 1. The van der Waals surface area contributed by atoms with Gasteiger partial charge < -0.3 is 0 Å². The van der Waals surface area contributed by atoms with Gasteiger partial charge in [0.15, 0.2) is 5.82 Å². The molecule has 0 amide bonds. The van der Waals surface area contributed by atoms with Crippen LogP contribution in [0.1, 0.15) is 22.4 Å². The average Bonchev–Trinajstić information content (AvgIpc) is 2.93. The lowest BCUT2D eigenvalue weighted by atomic mass is 10.0. The van der Waals surface area contributed by atoms with Crippen LogP contribution in [-0.4, -0.2) is 15.1 Å². The molecule has 0 aliphatic heterocycles. The molecule has 0 saturated heterocycles. The minimum absolute atomic E-state index is 0.243. The van der Waals surface area contributed by atoms with Crippen LogP contribution in [0.15, 0.2) is 45.8 Å². The van der Waals surface area contributed by atoms with Crippen LogP contribution in [-0.2, 0) is 12.6 Å². The predicted octanol–water partition coefficient (Wildman–Crippen LogP) is 3.34. The summed E-state index contributed by atoms with van der Waals surface area (Å²) in [5, 5.41) is 3.66. The lowest BCUT2D eigenvalue weighted by molar-refractivity contribution is -0.137. The van der Waals surface area contributed by atoms with Gasteiger partial charge in [0, 0.05) is 18.2 Å².